The Bertz CT molecular complexity index is 446. The molecule has 1 N–H and O–H groups in total. The second-order valence-electron chi connectivity index (χ2n) is 3.84. The number of carbonyl (C=O) groups excluding carboxylic acids is 2. The molecule has 4 nitrogen and oxygen atoms in total. The van der Waals surface area contributed by atoms with E-state index in [1.807, 2.05) is 6.92 Å². The van der Waals surface area contributed by atoms with Gasteiger partial charge in [0.25, 0.3) is 5.91 Å². The highest BCUT2D eigenvalue weighted by molar-refractivity contribution is 5.94. The van der Waals surface area contributed by atoms with Crippen molar-refractivity contribution in [1.82, 2.24) is 5.32 Å². The molecule has 0 unspecified atom stereocenters. The second-order valence-corrected chi connectivity index (χ2v) is 3.84. The Kier molecular flexibility index (Phi) is 5.30. The highest BCUT2D eigenvalue weighted by Gasteiger charge is 2.09. The number of amides is 1. The smallest absolute Gasteiger partial charge is 0.257 e. The van der Waals surface area contributed by atoms with E-state index in [2.05, 4.69) is 5.32 Å². The van der Waals surface area contributed by atoms with Gasteiger partial charge in [-0.05, 0) is 31.5 Å². The number of benzene rings is 1. The first-order valence-electron chi connectivity index (χ1n) is 5.74. The zero-order valence-corrected chi connectivity index (χ0v) is 10.5. The van der Waals surface area contributed by atoms with E-state index in [-0.39, 0.29) is 29.6 Å². The number of ketones is 1. The molecular weight excluding hydrogens is 237 g/mol. The highest BCUT2D eigenvalue weighted by atomic mass is 19.1. The Morgan fingerprint density at radius 1 is 1.39 bits per heavy atom. The minimum absolute atomic E-state index is 0.0355. The number of carbonyl (C=O) groups is 2. The van der Waals surface area contributed by atoms with Crippen molar-refractivity contribution in [2.24, 2.45) is 0 Å². The van der Waals surface area contributed by atoms with Gasteiger partial charge in [-0.15, -0.1) is 0 Å². The van der Waals surface area contributed by atoms with Gasteiger partial charge in [0.1, 0.15) is 0 Å². The molecule has 0 aromatic heterocycles. The average Bonchev–Trinajstić information content (AvgIpc) is 2.34. The van der Waals surface area contributed by atoms with Gasteiger partial charge in [-0.1, -0.05) is 6.92 Å². The van der Waals surface area contributed by atoms with Crippen molar-refractivity contribution in [2.45, 2.75) is 20.3 Å². The van der Waals surface area contributed by atoms with Crippen LogP contribution >= 0.6 is 0 Å². The molecule has 0 aliphatic carbocycles. The lowest BCUT2D eigenvalue weighted by Gasteiger charge is -2.08. The standard InChI is InChI=1S/C13H16FNO3/c1-3-6-15-13(17)8-18-12-5-4-10(9(2)16)7-11(12)14/h4-5,7H,3,6,8H2,1-2H3,(H,15,17). The largest absolute Gasteiger partial charge is 0.481 e. The molecule has 1 rings (SSSR count). The van der Waals surface area contributed by atoms with Gasteiger partial charge in [-0.3, -0.25) is 9.59 Å². The fourth-order valence-electron chi connectivity index (χ4n) is 1.30. The molecule has 0 spiro atoms. The summed E-state index contributed by atoms with van der Waals surface area (Å²) in [6, 6.07) is 3.91. The van der Waals surface area contributed by atoms with Crippen molar-refractivity contribution in [1.29, 1.82) is 0 Å². The summed E-state index contributed by atoms with van der Waals surface area (Å²) in [5.41, 5.74) is 0.273. The minimum atomic E-state index is -0.647. The summed E-state index contributed by atoms with van der Waals surface area (Å²) in [5, 5.41) is 2.61. The molecule has 1 aromatic rings. The normalized spacial score (nSPS) is 9.94. The summed E-state index contributed by atoms with van der Waals surface area (Å²) in [6.07, 6.45) is 0.827. The molecule has 0 aliphatic rings. The lowest BCUT2D eigenvalue weighted by atomic mass is 10.1. The topological polar surface area (TPSA) is 55.4 Å². The number of nitrogens with one attached hydrogen (secondary N) is 1. The fourth-order valence-corrected chi connectivity index (χ4v) is 1.30. The van der Waals surface area contributed by atoms with E-state index in [4.69, 9.17) is 4.74 Å². The fraction of sp³-hybridized carbons (Fsp3) is 0.385. The van der Waals surface area contributed by atoms with Gasteiger partial charge in [-0.25, -0.2) is 4.39 Å². The summed E-state index contributed by atoms with van der Waals surface area (Å²) >= 11 is 0. The Balaban J connectivity index is 2.58. The zero-order chi connectivity index (χ0) is 13.5. The number of rotatable bonds is 6. The van der Waals surface area contributed by atoms with Crippen LogP contribution in [0.1, 0.15) is 30.6 Å². The molecule has 0 bridgehead atoms. The maximum absolute atomic E-state index is 13.5. The van der Waals surface area contributed by atoms with Gasteiger partial charge < -0.3 is 10.1 Å². The SMILES string of the molecule is CCCNC(=O)COc1ccc(C(C)=O)cc1F. The van der Waals surface area contributed by atoms with E-state index < -0.39 is 5.82 Å². The van der Waals surface area contributed by atoms with Gasteiger partial charge >= 0.3 is 0 Å². The molecule has 0 saturated heterocycles. The van der Waals surface area contributed by atoms with Crippen LogP contribution < -0.4 is 10.1 Å². The molecule has 98 valence electrons. The molecule has 18 heavy (non-hydrogen) atoms. The Labute approximate surface area is 105 Å². The summed E-state index contributed by atoms with van der Waals surface area (Å²) in [5.74, 6) is -1.20. The summed E-state index contributed by atoms with van der Waals surface area (Å²) in [6.45, 7) is 3.61. The van der Waals surface area contributed by atoms with Crippen LogP contribution in [-0.2, 0) is 4.79 Å². The van der Waals surface area contributed by atoms with E-state index in [1.54, 1.807) is 0 Å². The maximum Gasteiger partial charge on any atom is 0.257 e. The molecule has 5 heteroatoms. The van der Waals surface area contributed by atoms with Gasteiger partial charge in [0.15, 0.2) is 24.0 Å². The van der Waals surface area contributed by atoms with Gasteiger partial charge in [0.05, 0.1) is 0 Å². The Morgan fingerprint density at radius 2 is 2.11 bits per heavy atom. The zero-order valence-electron chi connectivity index (χ0n) is 10.5. The van der Waals surface area contributed by atoms with Crippen LogP contribution in [-0.4, -0.2) is 24.8 Å². The van der Waals surface area contributed by atoms with Crippen molar-refractivity contribution in [3.05, 3.63) is 29.6 Å². The van der Waals surface area contributed by atoms with Crippen LogP contribution in [0.4, 0.5) is 4.39 Å². The third-order valence-corrected chi connectivity index (χ3v) is 2.27. The van der Waals surface area contributed by atoms with Crippen molar-refractivity contribution in [3.8, 4) is 5.75 Å². The minimum Gasteiger partial charge on any atom is -0.481 e. The van der Waals surface area contributed by atoms with Crippen LogP contribution in [0.3, 0.4) is 0 Å². The first-order valence-corrected chi connectivity index (χ1v) is 5.74. The Hall–Kier alpha value is -1.91. The molecule has 1 amide bonds. The number of ether oxygens (including phenoxy) is 1. The maximum atomic E-state index is 13.5. The van der Waals surface area contributed by atoms with Crippen LogP contribution in [0.2, 0.25) is 0 Å². The molecule has 0 fully saturated rings. The van der Waals surface area contributed by atoms with E-state index in [0.29, 0.717) is 6.54 Å². The number of hydrogen-bond donors (Lipinski definition) is 1. The molecular formula is C13H16FNO3. The first-order chi connectivity index (χ1) is 8.54. The van der Waals surface area contributed by atoms with Crippen LogP contribution in [0.5, 0.6) is 5.75 Å². The average molecular weight is 253 g/mol. The lowest BCUT2D eigenvalue weighted by Crippen LogP contribution is -2.29. The van der Waals surface area contributed by atoms with Gasteiger partial charge in [-0.2, -0.15) is 0 Å². The van der Waals surface area contributed by atoms with E-state index in [0.717, 1.165) is 12.5 Å². The van der Waals surface area contributed by atoms with Crippen LogP contribution in [0.25, 0.3) is 0 Å². The van der Waals surface area contributed by atoms with Crippen molar-refractivity contribution in [2.75, 3.05) is 13.2 Å². The van der Waals surface area contributed by atoms with Gasteiger partial charge in [0.2, 0.25) is 0 Å². The van der Waals surface area contributed by atoms with Crippen molar-refractivity contribution >= 4 is 11.7 Å². The summed E-state index contributed by atoms with van der Waals surface area (Å²) < 4.78 is 18.5. The van der Waals surface area contributed by atoms with Crippen molar-refractivity contribution in [3.63, 3.8) is 0 Å². The van der Waals surface area contributed by atoms with E-state index in [1.165, 1.54) is 19.1 Å². The summed E-state index contributed by atoms with van der Waals surface area (Å²) in [7, 11) is 0. The Morgan fingerprint density at radius 3 is 2.67 bits per heavy atom. The molecule has 0 saturated carbocycles. The third kappa shape index (κ3) is 4.16. The molecule has 0 heterocycles. The molecule has 0 atom stereocenters. The van der Waals surface area contributed by atoms with Crippen molar-refractivity contribution < 1.29 is 18.7 Å². The molecule has 0 aliphatic heterocycles. The highest BCUT2D eigenvalue weighted by Crippen LogP contribution is 2.18. The predicted octanol–water partition coefficient (Wildman–Crippen LogP) is 1.93. The number of halogens is 1. The monoisotopic (exact) mass is 253 g/mol. The predicted molar refractivity (Wildman–Crippen MR) is 65.2 cm³/mol. The van der Waals surface area contributed by atoms with E-state index >= 15 is 0 Å². The first kappa shape index (κ1) is 14.2. The summed E-state index contributed by atoms with van der Waals surface area (Å²) in [4.78, 5) is 22.3. The lowest BCUT2D eigenvalue weighted by molar-refractivity contribution is -0.123. The molecule has 1 aromatic carbocycles. The number of hydrogen-bond acceptors (Lipinski definition) is 3. The third-order valence-electron chi connectivity index (χ3n) is 2.27. The quantitative estimate of drug-likeness (QED) is 0.788. The number of Topliss-reactive ketones (excluding diaryl/α,β-unsaturated/α-hetero) is 1. The van der Waals surface area contributed by atoms with Gasteiger partial charge in [0, 0.05) is 12.1 Å². The van der Waals surface area contributed by atoms with Crippen LogP contribution in [0.15, 0.2) is 18.2 Å². The molecule has 0 radical (unpaired) electrons. The second kappa shape index (κ2) is 6.74. The van der Waals surface area contributed by atoms with E-state index in [9.17, 15) is 14.0 Å². The van der Waals surface area contributed by atoms with Crippen LogP contribution in [0, 0.1) is 5.82 Å².